The number of para-hydroxylation sites is 1. The monoisotopic (exact) mass is 318 g/mol. The molecule has 0 saturated carbocycles. The molecule has 1 aromatic heterocycles. The van der Waals surface area contributed by atoms with Crippen LogP contribution in [0.4, 0.5) is 14.9 Å². The molecule has 1 fully saturated rings. The van der Waals surface area contributed by atoms with Gasteiger partial charge < -0.3 is 9.84 Å². The molecule has 2 aromatic rings. The number of hydrogen-bond acceptors (Lipinski definition) is 4. The lowest BCUT2D eigenvalue weighted by Crippen LogP contribution is -2.46. The quantitative estimate of drug-likeness (QED) is 0.922. The van der Waals surface area contributed by atoms with Crippen LogP contribution in [-0.2, 0) is 0 Å². The molecule has 1 N–H and O–H groups in total. The smallest absolute Gasteiger partial charge is 0.340 e. The number of anilines is 1. The van der Waals surface area contributed by atoms with Gasteiger partial charge in [0.15, 0.2) is 5.69 Å². The summed E-state index contributed by atoms with van der Waals surface area (Å²) in [7, 11) is 0. The topological polar surface area (TPSA) is 78.7 Å². The number of benzene rings is 1. The van der Waals surface area contributed by atoms with Crippen LogP contribution in [0.3, 0.4) is 0 Å². The maximum Gasteiger partial charge on any atom is 0.340 e. The molecule has 1 aliphatic heterocycles. The van der Waals surface area contributed by atoms with Crippen molar-refractivity contribution in [2.45, 2.75) is 13.3 Å². The average Bonchev–Trinajstić information content (AvgIpc) is 3.17. The van der Waals surface area contributed by atoms with Gasteiger partial charge in [-0.3, -0.25) is 4.79 Å². The van der Waals surface area contributed by atoms with E-state index in [-0.39, 0.29) is 11.4 Å². The molecule has 2 heterocycles. The lowest BCUT2D eigenvalue weighted by atomic mass is 10.3. The Hall–Kier alpha value is -2.90. The number of hydrazine groups is 1. The Morgan fingerprint density at radius 3 is 2.70 bits per heavy atom. The van der Waals surface area contributed by atoms with Gasteiger partial charge in [0.05, 0.1) is 5.69 Å². The number of nitrogens with one attached hydrogen (secondary N) is 1. The SMILES string of the molecule is Cc1cc(C(=O)N2CCCN2C(=O)Nc2ccccc2F)no1. The summed E-state index contributed by atoms with van der Waals surface area (Å²) in [5, 5.41) is 8.67. The normalized spacial score (nSPS) is 14.2. The Bertz CT molecular complexity index is 746. The van der Waals surface area contributed by atoms with Crippen molar-refractivity contribution in [3.63, 3.8) is 0 Å². The number of rotatable bonds is 2. The summed E-state index contributed by atoms with van der Waals surface area (Å²) in [5.41, 5.74) is 0.196. The second kappa shape index (κ2) is 6.07. The van der Waals surface area contributed by atoms with Crippen molar-refractivity contribution in [2.24, 2.45) is 0 Å². The van der Waals surface area contributed by atoms with Crippen LogP contribution in [0.2, 0.25) is 0 Å². The van der Waals surface area contributed by atoms with Crippen LogP contribution in [0, 0.1) is 12.7 Å². The van der Waals surface area contributed by atoms with Crippen molar-refractivity contribution in [1.82, 2.24) is 15.2 Å². The van der Waals surface area contributed by atoms with Crippen molar-refractivity contribution in [1.29, 1.82) is 0 Å². The van der Waals surface area contributed by atoms with E-state index in [1.165, 1.54) is 34.3 Å². The molecule has 0 spiro atoms. The van der Waals surface area contributed by atoms with Gasteiger partial charge in [-0.1, -0.05) is 17.3 Å². The Labute approximate surface area is 131 Å². The molecule has 0 unspecified atom stereocenters. The molecule has 8 heteroatoms. The van der Waals surface area contributed by atoms with Gasteiger partial charge >= 0.3 is 6.03 Å². The predicted octanol–water partition coefficient (Wildman–Crippen LogP) is 2.42. The van der Waals surface area contributed by atoms with Gasteiger partial charge in [-0.15, -0.1) is 0 Å². The van der Waals surface area contributed by atoms with Crippen LogP contribution >= 0.6 is 0 Å². The Morgan fingerprint density at radius 2 is 2.00 bits per heavy atom. The standard InChI is InChI=1S/C15H15FN4O3/c1-10-9-13(18-23-10)14(21)19-7-4-8-20(19)15(22)17-12-6-3-2-5-11(12)16/h2-3,5-6,9H,4,7-8H2,1H3,(H,17,22). The van der Waals surface area contributed by atoms with E-state index >= 15 is 0 Å². The third kappa shape index (κ3) is 3.01. The molecule has 7 nitrogen and oxygen atoms in total. The highest BCUT2D eigenvalue weighted by Gasteiger charge is 2.33. The van der Waals surface area contributed by atoms with Crippen LogP contribution in [0.25, 0.3) is 0 Å². The Balaban J connectivity index is 1.75. The fourth-order valence-electron chi connectivity index (χ4n) is 2.38. The summed E-state index contributed by atoms with van der Waals surface area (Å²) in [6, 6.07) is 6.79. The first-order valence-electron chi connectivity index (χ1n) is 7.14. The van der Waals surface area contributed by atoms with E-state index in [4.69, 9.17) is 4.52 Å². The molecule has 0 atom stereocenters. The van der Waals surface area contributed by atoms with E-state index in [2.05, 4.69) is 10.5 Å². The number of aryl methyl sites for hydroxylation is 1. The van der Waals surface area contributed by atoms with E-state index in [0.717, 1.165) is 0 Å². The molecule has 0 radical (unpaired) electrons. The number of carbonyl (C=O) groups excluding carboxylic acids is 2. The third-order valence-corrected chi connectivity index (χ3v) is 3.46. The first-order chi connectivity index (χ1) is 11.1. The van der Waals surface area contributed by atoms with Crippen molar-refractivity contribution in [3.05, 3.63) is 47.6 Å². The van der Waals surface area contributed by atoms with Gasteiger partial charge in [-0.25, -0.2) is 19.2 Å². The van der Waals surface area contributed by atoms with E-state index in [0.29, 0.717) is 25.3 Å². The van der Waals surface area contributed by atoms with E-state index in [1.807, 2.05) is 0 Å². The van der Waals surface area contributed by atoms with E-state index in [1.54, 1.807) is 13.0 Å². The molecular weight excluding hydrogens is 303 g/mol. The second-order valence-corrected chi connectivity index (χ2v) is 5.14. The van der Waals surface area contributed by atoms with Crippen molar-refractivity contribution >= 4 is 17.6 Å². The molecule has 3 amide bonds. The zero-order chi connectivity index (χ0) is 16.4. The molecule has 0 bridgehead atoms. The summed E-state index contributed by atoms with van der Waals surface area (Å²) in [4.78, 5) is 24.7. The number of urea groups is 1. The van der Waals surface area contributed by atoms with E-state index < -0.39 is 17.8 Å². The minimum Gasteiger partial charge on any atom is -0.361 e. The van der Waals surface area contributed by atoms with Crippen LogP contribution < -0.4 is 5.32 Å². The van der Waals surface area contributed by atoms with Gasteiger partial charge in [0.1, 0.15) is 11.6 Å². The number of halogens is 1. The zero-order valence-corrected chi connectivity index (χ0v) is 12.5. The molecular formula is C15H15FN4O3. The zero-order valence-electron chi connectivity index (χ0n) is 12.5. The van der Waals surface area contributed by atoms with Crippen molar-refractivity contribution < 1.29 is 18.5 Å². The van der Waals surface area contributed by atoms with Gasteiger partial charge in [-0.2, -0.15) is 0 Å². The molecule has 3 rings (SSSR count). The Morgan fingerprint density at radius 1 is 1.26 bits per heavy atom. The van der Waals surface area contributed by atoms with Crippen LogP contribution in [0.15, 0.2) is 34.9 Å². The van der Waals surface area contributed by atoms with E-state index in [9.17, 15) is 14.0 Å². The number of hydrogen-bond donors (Lipinski definition) is 1. The maximum atomic E-state index is 13.6. The average molecular weight is 318 g/mol. The summed E-state index contributed by atoms with van der Waals surface area (Å²) >= 11 is 0. The molecule has 1 saturated heterocycles. The summed E-state index contributed by atoms with van der Waals surface area (Å²) in [6.07, 6.45) is 0.632. The molecule has 1 aromatic carbocycles. The second-order valence-electron chi connectivity index (χ2n) is 5.14. The molecule has 1 aliphatic rings. The molecule has 0 aliphatic carbocycles. The lowest BCUT2D eigenvalue weighted by Gasteiger charge is -2.27. The van der Waals surface area contributed by atoms with Gasteiger partial charge in [-0.05, 0) is 25.5 Å². The fourth-order valence-corrected chi connectivity index (χ4v) is 2.38. The number of aromatic nitrogens is 1. The largest absolute Gasteiger partial charge is 0.361 e. The molecule has 23 heavy (non-hydrogen) atoms. The first-order valence-corrected chi connectivity index (χ1v) is 7.14. The van der Waals surface area contributed by atoms with Gasteiger partial charge in [0.2, 0.25) is 0 Å². The van der Waals surface area contributed by atoms with Crippen LogP contribution in [0.1, 0.15) is 22.7 Å². The Kier molecular flexibility index (Phi) is 3.96. The molecule has 120 valence electrons. The van der Waals surface area contributed by atoms with Gasteiger partial charge in [0, 0.05) is 19.2 Å². The van der Waals surface area contributed by atoms with Crippen molar-refractivity contribution in [2.75, 3.05) is 18.4 Å². The number of nitrogens with zero attached hydrogens (tertiary/aromatic N) is 3. The number of amides is 3. The minimum atomic E-state index is -0.568. The predicted molar refractivity (Wildman–Crippen MR) is 79.0 cm³/mol. The summed E-state index contributed by atoms with van der Waals surface area (Å²) in [5.74, 6) is -0.456. The van der Waals surface area contributed by atoms with Crippen LogP contribution in [-0.4, -0.2) is 40.2 Å². The highest BCUT2D eigenvalue weighted by molar-refractivity contribution is 5.96. The highest BCUT2D eigenvalue weighted by atomic mass is 19.1. The highest BCUT2D eigenvalue weighted by Crippen LogP contribution is 2.18. The van der Waals surface area contributed by atoms with Crippen molar-refractivity contribution in [3.8, 4) is 0 Å². The van der Waals surface area contributed by atoms with Gasteiger partial charge in [0.25, 0.3) is 5.91 Å². The third-order valence-electron chi connectivity index (χ3n) is 3.46. The van der Waals surface area contributed by atoms with Crippen LogP contribution in [0.5, 0.6) is 0 Å². The minimum absolute atomic E-state index is 0.0640. The summed E-state index contributed by atoms with van der Waals surface area (Å²) < 4.78 is 18.5. The fraction of sp³-hybridized carbons (Fsp3) is 0.267. The summed E-state index contributed by atoms with van der Waals surface area (Å²) in [6.45, 7) is 2.43. The lowest BCUT2D eigenvalue weighted by molar-refractivity contribution is 0.0394. The maximum absolute atomic E-state index is 13.6. The number of carbonyl (C=O) groups is 2. The first kappa shape index (κ1) is 15.0.